The average molecular weight is 416 g/mol. The van der Waals surface area contributed by atoms with E-state index in [0.717, 1.165) is 6.92 Å². The molecule has 0 aromatic carbocycles. The second kappa shape index (κ2) is 7.71. The number of nitrogens with zero attached hydrogens (tertiary/aromatic N) is 4. The van der Waals surface area contributed by atoms with Crippen LogP contribution in [0.1, 0.15) is 15.2 Å². The zero-order valence-electron chi connectivity index (χ0n) is 14.7. The van der Waals surface area contributed by atoms with Gasteiger partial charge in [0.25, 0.3) is 0 Å². The molecule has 2 rings (SSSR count). The van der Waals surface area contributed by atoms with E-state index in [1.807, 2.05) is 5.32 Å². The van der Waals surface area contributed by atoms with Gasteiger partial charge in [0.2, 0.25) is 11.9 Å². The average Bonchev–Trinajstić information content (AvgIpc) is 2.52. The van der Waals surface area contributed by atoms with Crippen LogP contribution in [0.5, 0.6) is 0 Å². The monoisotopic (exact) mass is 415 g/mol. The Labute approximate surface area is 155 Å². The molecule has 2 heterocycles. The number of aromatic nitrogens is 4. The molecule has 0 fully saturated rings. The molecule has 0 spiro atoms. The SMILES string of the molecule is [2H]C(C)(Nc1nc(NC(C)C(F)(F)F)nc(-c2cccc(Cl)n2)n1)C(F)(F)F. The number of pyridine rings is 1. The van der Waals surface area contributed by atoms with Crippen molar-refractivity contribution in [2.45, 2.75) is 38.3 Å². The summed E-state index contributed by atoms with van der Waals surface area (Å²) in [6, 6.07) is -1.11. The van der Waals surface area contributed by atoms with Crippen LogP contribution in [-0.2, 0) is 0 Å². The topological polar surface area (TPSA) is 75.6 Å². The minimum Gasteiger partial charge on any atom is -0.343 e. The Morgan fingerprint density at radius 2 is 1.52 bits per heavy atom. The van der Waals surface area contributed by atoms with E-state index in [9.17, 15) is 26.3 Å². The van der Waals surface area contributed by atoms with Gasteiger partial charge in [0.05, 0.1) is 1.37 Å². The van der Waals surface area contributed by atoms with Crippen molar-refractivity contribution in [1.29, 1.82) is 0 Å². The third-order valence-electron chi connectivity index (χ3n) is 3.14. The molecule has 0 aliphatic carbocycles. The lowest BCUT2D eigenvalue weighted by Crippen LogP contribution is -2.35. The summed E-state index contributed by atoms with van der Waals surface area (Å²) in [6.07, 6.45) is -9.68. The maximum Gasteiger partial charge on any atom is 0.408 e. The van der Waals surface area contributed by atoms with Crippen molar-refractivity contribution < 1.29 is 27.7 Å². The first-order chi connectivity index (χ1) is 12.7. The fourth-order valence-corrected chi connectivity index (χ4v) is 1.82. The summed E-state index contributed by atoms with van der Waals surface area (Å²) in [6.45, 7) is 1.28. The van der Waals surface area contributed by atoms with Crippen LogP contribution in [0, 0.1) is 0 Å². The predicted octanol–water partition coefficient (Wildman–Crippen LogP) is 4.31. The Bertz CT molecular complexity index is 844. The van der Waals surface area contributed by atoms with Gasteiger partial charge in [0.15, 0.2) is 5.82 Å². The highest BCUT2D eigenvalue weighted by Crippen LogP contribution is 2.26. The van der Waals surface area contributed by atoms with Gasteiger partial charge in [-0.2, -0.15) is 41.3 Å². The van der Waals surface area contributed by atoms with Crippen molar-refractivity contribution in [1.82, 2.24) is 19.9 Å². The van der Waals surface area contributed by atoms with Crippen LogP contribution in [0.4, 0.5) is 38.2 Å². The quantitative estimate of drug-likeness (QED) is 0.560. The molecule has 0 bridgehead atoms. The second-order valence-corrected chi connectivity index (χ2v) is 5.69. The lowest BCUT2D eigenvalue weighted by Gasteiger charge is -2.20. The minimum atomic E-state index is -5.01. The van der Waals surface area contributed by atoms with E-state index in [1.165, 1.54) is 18.2 Å². The van der Waals surface area contributed by atoms with E-state index >= 15 is 0 Å². The Kier molecular flexibility index (Phi) is 5.53. The molecule has 0 saturated carbocycles. The van der Waals surface area contributed by atoms with E-state index in [0.29, 0.717) is 6.92 Å². The van der Waals surface area contributed by atoms with E-state index in [-0.39, 0.29) is 16.7 Å². The molecule has 27 heavy (non-hydrogen) atoms. The number of alkyl halides is 6. The van der Waals surface area contributed by atoms with Crippen LogP contribution < -0.4 is 10.6 Å². The van der Waals surface area contributed by atoms with Gasteiger partial charge in [-0.3, -0.25) is 0 Å². The van der Waals surface area contributed by atoms with E-state index in [4.69, 9.17) is 13.0 Å². The van der Waals surface area contributed by atoms with E-state index in [2.05, 4.69) is 19.9 Å². The van der Waals surface area contributed by atoms with Crippen LogP contribution in [0.3, 0.4) is 0 Å². The molecule has 6 nitrogen and oxygen atoms in total. The summed E-state index contributed by atoms with van der Waals surface area (Å²) in [7, 11) is 0. The summed E-state index contributed by atoms with van der Waals surface area (Å²) in [5, 5.41) is 3.68. The summed E-state index contributed by atoms with van der Waals surface area (Å²) in [5.41, 5.74) is -0.0145. The van der Waals surface area contributed by atoms with Crippen molar-refractivity contribution in [2.75, 3.05) is 10.6 Å². The molecule has 2 N–H and O–H groups in total. The molecule has 2 unspecified atom stereocenters. The van der Waals surface area contributed by atoms with Gasteiger partial charge in [-0.15, -0.1) is 0 Å². The lowest BCUT2D eigenvalue weighted by molar-refractivity contribution is -0.139. The molecule has 13 heteroatoms. The minimum absolute atomic E-state index is 0.00575. The van der Waals surface area contributed by atoms with Gasteiger partial charge in [-0.05, 0) is 26.0 Å². The largest absolute Gasteiger partial charge is 0.408 e. The van der Waals surface area contributed by atoms with Crippen LogP contribution >= 0.6 is 11.6 Å². The lowest BCUT2D eigenvalue weighted by atomic mass is 10.3. The van der Waals surface area contributed by atoms with Gasteiger partial charge in [-0.1, -0.05) is 17.7 Å². The van der Waals surface area contributed by atoms with Crippen LogP contribution in [0.25, 0.3) is 11.5 Å². The third-order valence-corrected chi connectivity index (χ3v) is 3.35. The fraction of sp³-hybridized carbons (Fsp3) is 0.429. The summed E-state index contributed by atoms with van der Waals surface area (Å²) >= 11 is 5.74. The van der Waals surface area contributed by atoms with Gasteiger partial charge >= 0.3 is 12.4 Å². The van der Waals surface area contributed by atoms with Crippen molar-refractivity contribution in [3.8, 4) is 11.5 Å². The molecular weight excluding hydrogens is 402 g/mol. The normalized spacial score (nSPS) is 16.3. The number of anilines is 2. The molecule has 0 aliphatic heterocycles. The first-order valence-corrected chi connectivity index (χ1v) is 7.64. The van der Waals surface area contributed by atoms with Crippen LogP contribution in [-0.4, -0.2) is 44.3 Å². The van der Waals surface area contributed by atoms with Crippen LogP contribution in [0.2, 0.25) is 5.15 Å². The van der Waals surface area contributed by atoms with Crippen molar-refractivity contribution >= 4 is 23.5 Å². The second-order valence-electron chi connectivity index (χ2n) is 5.31. The standard InChI is InChI=1S/C14H13ClF6N6/c1-6(13(16,17)18)22-11-25-10(8-4-3-5-9(15)24-8)26-12(27-11)23-7(2)14(19,20)21/h3-7H,1-2H3,(H2,22,23,25,26,27)/i6D. The smallest absolute Gasteiger partial charge is 0.343 e. The summed E-state index contributed by atoms with van der Waals surface area (Å²) in [4.78, 5) is 14.8. The Hall–Kier alpha value is -2.37. The van der Waals surface area contributed by atoms with Gasteiger partial charge in [-0.25, -0.2) is 4.98 Å². The Balaban J connectivity index is 2.49. The number of hydrogen-bond donors (Lipinski definition) is 2. The van der Waals surface area contributed by atoms with Gasteiger partial charge in [0, 0.05) is 0 Å². The maximum atomic E-state index is 12.9. The highest BCUT2D eigenvalue weighted by molar-refractivity contribution is 6.29. The predicted molar refractivity (Wildman–Crippen MR) is 86.3 cm³/mol. The number of rotatable bonds is 5. The first-order valence-electron chi connectivity index (χ1n) is 7.76. The summed E-state index contributed by atoms with van der Waals surface area (Å²) < 4.78 is 84.5. The maximum absolute atomic E-state index is 12.9. The van der Waals surface area contributed by atoms with Crippen molar-refractivity contribution in [3.05, 3.63) is 23.4 Å². The molecule has 0 aliphatic rings. The van der Waals surface area contributed by atoms with Crippen LogP contribution in [0.15, 0.2) is 18.2 Å². The van der Waals surface area contributed by atoms with Gasteiger partial charge < -0.3 is 10.6 Å². The van der Waals surface area contributed by atoms with E-state index < -0.39 is 36.3 Å². The third kappa shape index (κ3) is 5.81. The molecule has 0 saturated heterocycles. The Morgan fingerprint density at radius 1 is 0.926 bits per heavy atom. The zero-order chi connectivity index (χ0) is 21.3. The number of halogens is 7. The highest BCUT2D eigenvalue weighted by atomic mass is 35.5. The summed E-state index contributed by atoms with van der Waals surface area (Å²) in [5.74, 6) is -1.76. The highest BCUT2D eigenvalue weighted by Gasteiger charge is 2.38. The molecule has 0 amide bonds. The fourth-order valence-electron chi connectivity index (χ4n) is 1.66. The molecule has 148 valence electrons. The number of hydrogen-bond acceptors (Lipinski definition) is 6. The van der Waals surface area contributed by atoms with Gasteiger partial charge in [0.1, 0.15) is 22.9 Å². The molecule has 2 aromatic heterocycles. The van der Waals surface area contributed by atoms with E-state index in [1.54, 1.807) is 5.32 Å². The molecular formula is C14H13ClF6N6. The molecule has 2 aromatic rings. The first kappa shape index (κ1) is 19.4. The Morgan fingerprint density at radius 3 is 2.04 bits per heavy atom. The molecule has 0 radical (unpaired) electrons. The number of nitrogens with one attached hydrogen (secondary N) is 2. The van der Waals surface area contributed by atoms with Crippen molar-refractivity contribution in [2.24, 2.45) is 0 Å². The molecule has 2 atom stereocenters. The van der Waals surface area contributed by atoms with Crippen molar-refractivity contribution in [3.63, 3.8) is 0 Å². The zero-order valence-corrected chi connectivity index (χ0v) is 14.5.